The molecule has 0 unspecified atom stereocenters. The van der Waals surface area contributed by atoms with E-state index in [0.717, 1.165) is 38.5 Å². The van der Waals surface area contributed by atoms with Crippen LogP contribution in [0.25, 0.3) is 0 Å². The predicted molar refractivity (Wildman–Crippen MR) is 137 cm³/mol. The van der Waals surface area contributed by atoms with Crippen molar-refractivity contribution in [2.45, 2.75) is 52.1 Å². The number of benzene rings is 3. The first-order chi connectivity index (χ1) is 15.8. The predicted octanol–water partition coefficient (Wildman–Crippen LogP) is 7.47. The van der Waals surface area contributed by atoms with Gasteiger partial charge in [0.2, 0.25) is 0 Å². The van der Waals surface area contributed by atoms with Crippen LogP contribution >= 0.6 is 0 Å². The van der Waals surface area contributed by atoms with Crippen molar-refractivity contribution in [3.63, 3.8) is 0 Å². The van der Waals surface area contributed by atoms with Crippen LogP contribution < -0.4 is 0 Å². The van der Waals surface area contributed by atoms with Gasteiger partial charge in [0.05, 0.1) is 13.2 Å². The highest BCUT2D eigenvalue weighted by molar-refractivity contribution is 5.30. The first kappa shape index (κ1) is 23.8. The molecule has 1 heteroatoms. The lowest BCUT2D eigenvalue weighted by Gasteiger charge is -2.10. The molecule has 0 aliphatic carbocycles. The van der Waals surface area contributed by atoms with Crippen LogP contribution in [0.15, 0.2) is 97.6 Å². The third kappa shape index (κ3) is 7.98. The van der Waals surface area contributed by atoms with Gasteiger partial charge < -0.3 is 4.74 Å². The summed E-state index contributed by atoms with van der Waals surface area (Å²) in [7, 11) is 0. The van der Waals surface area contributed by atoms with Crippen molar-refractivity contribution < 1.29 is 4.74 Å². The Labute approximate surface area is 194 Å². The largest absolute Gasteiger partial charge is 0.373 e. The topological polar surface area (TPSA) is 9.23 Å². The zero-order valence-electron chi connectivity index (χ0n) is 19.4. The lowest BCUT2D eigenvalue weighted by atomic mass is 9.98. The lowest BCUT2D eigenvalue weighted by molar-refractivity contribution is 0.148. The minimum Gasteiger partial charge on any atom is -0.373 e. The quantitative estimate of drug-likeness (QED) is 0.204. The second kappa shape index (κ2) is 13.5. The van der Waals surface area contributed by atoms with Gasteiger partial charge in [0.1, 0.15) is 0 Å². The summed E-state index contributed by atoms with van der Waals surface area (Å²) in [4.78, 5) is 0. The van der Waals surface area contributed by atoms with Crippen LogP contribution in [-0.4, -0.2) is 6.61 Å². The highest BCUT2D eigenvalue weighted by atomic mass is 16.5. The van der Waals surface area contributed by atoms with Crippen molar-refractivity contribution >= 4 is 0 Å². The first-order valence-corrected chi connectivity index (χ1v) is 11.8. The maximum absolute atomic E-state index is 5.82. The molecule has 0 saturated carbocycles. The first-order valence-electron chi connectivity index (χ1n) is 11.8. The van der Waals surface area contributed by atoms with E-state index in [9.17, 15) is 0 Å². The molecule has 0 radical (unpaired) electrons. The van der Waals surface area contributed by atoms with Crippen LogP contribution in [-0.2, 0) is 43.4 Å². The molecule has 0 aliphatic heterocycles. The van der Waals surface area contributed by atoms with Crippen molar-refractivity contribution in [1.82, 2.24) is 0 Å². The van der Waals surface area contributed by atoms with Crippen molar-refractivity contribution in [3.05, 3.63) is 131 Å². The highest BCUT2D eigenvalue weighted by Crippen LogP contribution is 2.16. The Bertz CT molecular complexity index is 964. The molecule has 166 valence electrons. The van der Waals surface area contributed by atoms with E-state index in [0.29, 0.717) is 13.2 Å². The van der Waals surface area contributed by atoms with E-state index in [1.165, 1.54) is 33.4 Å². The SMILES string of the molecule is C=CCc1ccc(CCc2ccc(CCc3ccccc3COCC=CCC)cc2)cc1. The molecule has 0 atom stereocenters. The molecule has 0 N–H and O–H groups in total. The molecular weight excluding hydrogens is 388 g/mol. The second-order valence-electron chi connectivity index (χ2n) is 8.29. The van der Waals surface area contributed by atoms with Gasteiger partial charge in [-0.25, -0.2) is 0 Å². The Morgan fingerprint density at radius 1 is 0.656 bits per heavy atom. The Morgan fingerprint density at radius 3 is 1.75 bits per heavy atom. The van der Waals surface area contributed by atoms with Crippen molar-refractivity contribution in [2.24, 2.45) is 0 Å². The normalized spacial score (nSPS) is 11.2. The molecule has 0 heterocycles. The minimum atomic E-state index is 0.678. The molecule has 0 spiro atoms. The van der Waals surface area contributed by atoms with Gasteiger partial charge in [-0.3, -0.25) is 0 Å². The number of hydrogen-bond acceptors (Lipinski definition) is 1. The third-order valence-corrected chi connectivity index (χ3v) is 5.80. The number of hydrogen-bond donors (Lipinski definition) is 0. The van der Waals surface area contributed by atoms with Gasteiger partial charge in [-0.05, 0) is 71.9 Å². The number of allylic oxidation sites excluding steroid dienone is 2. The van der Waals surface area contributed by atoms with Crippen molar-refractivity contribution in [3.8, 4) is 0 Å². The maximum atomic E-state index is 5.82. The average molecular weight is 425 g/mol. The van der Waals surface area contributed by atoms with E-state index in [1.807, 2.05) is 6.08 Å². The van der Waals surface area contributed by atoms with Gasteiger partial charge in [0, 0.05) is 0 Å². The highest BCUT2D eigenvalue weighted by Gasteiger charge is 2.04. The summed E-state index contributed by atoms with van der Waals surface area (Å²) in [5, 5.41) is 0. The second-order valence-corrected chi connectivity index (χ2v) is 8.29. The summed E-state index contributed by atoms with van der Waals surface area (Å²) in [6, 6.07) is 26.7. The molecule has 32 heavy (non-hydrogen) atoms. The van der Waals surface area contributed by atoms with Gasteiger partial charge in [0.15, 0.2) is 0 Å². The fourth-order valence-corrected chi connectivity index (χ4v) is 3.86. The fourth-order valence-electron chi connectivity index (χ4n) is 3.86. The molecule has 3 aromatic rings. The molecule has 0 fully saturated rings. The monoisotopic (exact) mass is 424 g/mol. The Kier molecular flexibility index (Phi) is 10.0. The molecule has 3 rings (SSSR count). The molecule has 0 aromatic heterocycles. The molecular formula is C31H36O. The fraction of sp³-hybridized carbons (Fsp3) is 0.290. The van der Waals surface area contributed by atoms with Gasteiger partial charge in [0.25, 0.3) is 0 Å². The summed E-state index contributed by atoms with van der Waals surface area (Å²) in [6.07, 6.45) is 12.4. The van der Waals surface area contributed by atoms with E-state index >= 15 is 0 Å². The summed E-state index contributed by atoms with van der Waals surface area (Å²) in [6.45, 7) is 7.31. The van der Waals surface area contributed by atoms with Crippen LogP contribution in [0.5, 0.6) is 0 Å². The number of aryl methyl sites for hydroxylation is 4. The molecule has 0 amide bonds. The Morgan fingerprint density at radius 2 is 1.19 bits per heavy atom. The molecule has 0 bridgehead atoms. The van der Waals surface area contributed by atoms with Gasteiger partial charge in [-0.15, -0.1) is 6.58 Å². The summed E-state index contributed by atoms with van der Waals surface area (Å²) < 4.78 is 5.82. The Hall–Kier alpha value is -2.90. The van der Waals surface area contributed by atoms with Crippen LogP contribution in [0, 0.1) is 0 Å². The summed E-state index contributed by atoms with van der Waals surface area (Å²) in [5.41, 5.74) is 8.20. The summed E-state index contributed by atoms with van der Waals surface area (Å²) in [5.74, 6) is 0. The minimum absolute atomic E-state index is 0.678. The average Bonchev–Trinajstić information content (AvgIpc) is 2.84. The standard InChI is InChI=1S/C31H36O/c1-3-5-8-24-32-25-31-11-7-6-10-30(31)23-22-29-20-18-28(19-21-29)17-16-27-14-12-26(9-4-2)13-15-27/h4-8,10-15,18-21H,2-3,9,16-17,22-25H2,1H3. The zero-order valence-corrected chi connectivity index (χ0v) is 19.4. The van der Waals surface area contributed by atoms with E-state index in [2.05, 4.69) is 98.5 Å². The number of ether oxygens (including phenoxy) is 1. The van der Waals surface area contributed by atoms with Crippen LogP contribution in [0.1, 0.15) is 46.7 Å². The maximum Gasteiger partial charge on any atom is 0.0723 e. The van der Waals surface area contributed by atoms with Crippen LogP contribution in [0.2, 0.25) is 0 Å². The third-order valence-electron chi connectivity index (χ3n) is 5.80. The van der Waals surface area contributed by atoms with E-state index in [4.69, 9.17) is 4.74 Å². The molecule has 0 saturated heterocycles. The zero-order chi connectivity index (χ0) is 22.4. The smallest absolute Gasteiger partial charge is 0.0723 e. The van der Waals surface area contributed by atoms with E-state index < -0.39 is 0 Å². The van der Waals surface area contributed by atoms with E-state index in [1.54, 1.807) is 0 Å². The molecule has 3 aromatic carbocycles. The summed E-state index contributed by atoms with van der Waals surface area (Å²) >= 11 is 0. The van der Waals surface area contributed by atoms with Crippen molar-refractivity contribution in [2.75, 3.05) is 6.61 Å². The number of rotatable bonds is 13. The Balaban J connectivity index is 1.47. The lowest BCUT2D eigenvalue weighted by Crippen LogP contribution is -2.00. The van der Waals surface area contributed by atoms with Crippen LogP contribution in [0.4, 0.5) is 0 Å². The van der Waals surface area contributed by atoms with Gasteiger partial charge in [-0.1, -0.05) is 97.9 Å². The van der Waals surface area contributed by atoms with Gasteiger partial charge >= 0.3 is 0 Å². The van der Waals surface area contributed by atoms with Gasteiger partial charge in [-0.2, -0.15) is 0 Å². The molecule has 1 nitrogen and oxygen atoms in total. The molecule has 0 aliphatic rings. The van der Waals surface area contributed by atoms with E-state index in [-0.39, 0.29) is 0 Å². The van der Waals surface area contributed by atoms with Crippen LogP contribution in [0.3, 0.4) is 0 Å². The van der Waals surface area contributed by atoms with Crippen molar-refractivity contribution in [1.29, 1.82) is 0 Å².